The monoisotopic (exact) mass is 264 g/mol. The molecule has 6 heteroatoms. The number of methoxy groups -OCH3 is 2. The van der Waals surface area contributed by atoms with Gasteiger partial charge in [-0.25, -0.2) is 4.79 Å². The Morgan fingerprint density at radius 3 is 2.50 bits per heavy atom. The van der Waals surface area contributed by atoms with Gasteiger partial charge in [0.1, 0.15) is 4.64 Å². The number of hydrogen-bond acceptors (Lipinski definition) is 4. The lowest BCUT2D eigenvalue weighted by Gasteiger charge is -2.10. The maximum atomic E-state index is 11.8. The summed E-state index contributed by atoms with van der Waals surface area (Å²) >= 11 is 4.88. The smallest absolute Gasteiger partial charge is 0.331 e. The summed E-state index contributed by atoms with van der Waals surface area (Å²) < 4.78 is 12.2. The summed E-state index contributed by atoms with van der Waals surface area (Å²) in [5.41, 5.74) is 0.374. The third-order valence-corrected chi connectivity index (χ3v) is 2.71. The van der Waals surface area contributed by atoms with Gasteiger partial charge in [0.15, 0.2) is 11.5 Å². The first-order valence-corrected chi connectivity index (χ1v) is 5.61. The van der Waals surface area contributed by atoms with Crippen molar-refractivity contribution in [1.82, 2.24) is 9.55 Å². The molecule has 0 aliphatic heterocycles. The van der Waals surface area contributed by atoms with Crippen molar-refractivity contribution in [3.05, 3.63) is 45.6 Å². The Bertz CT molecular complexity index is 676. The standard InChI is InChI=1S/C12H12N2O3S/c1-16-9-4-3-8(7-10(9)17-2)14-6-5-11(18)13-12(14)15/h3-7H,1-2H3,(H,13,15,18). The minimum Gasteiger partial charge on any atom is -0.493 e. The normalized spacial score (nSPS) is 10.1. The van der Waals surface area contributed by atoms with Crippen molar-refractivity contribution >= 4 is 12.2 Å². The molecule has 0 saturated heterocycles. The summed E-state index contributed by atoms with van der Waals surface area (Å²) in [7, 11) is 3.10. The van der Waals surface area contributed by atoms with Crippen LogP contribution >= 0.6 is 12.2 Å². The van der Waals surface area contributed by atoms with Gasteiger partial charge in [0.25, 0.3) is 0 Å². The van der Waals surface area contributed by atoms with Gasteiger partial charge >= 0.3 is 5.69 Å². The van der Waals surface area contributed by atoms with E-state index >= 15 is 0 Å². The Morgan fingerprint density at radius 1 is 1.17 bits per heavy atom. The molecule has 0 saturated carbocycles. The van der Waals surface area contributed by atoms with Crippen molar-refractivity contribution in [2.45, 2.75) is 0 Å². The van der Waals surface area contributed by atoms with Gasteiger partial charge in [0.2, 0.25) is 0 Å². The van der Waals surface area contributed by atoms with Gasteiger partial charge in [0, 0.05) is 12.3 Å². The lowest BCUT2D eigenvalue weighted by Crippen LogP contribution is -2.20. The number of benzene rings is 1. The number of nitrogens with zero attached hydrogens (tertiary/aromatic N) is 1. The van der Waals surface area contributed by atoms with Gasteiger partial charge in [-0.2, -0.15) is 0 Å². The number of nitrogens with one attached hydrogen (secondary N) is 1. The summed E-state index contributed by atoms with van der Waals surface area (Å²) in [5, 5.41) is 0. The average Bonchev–Trinajstić information content (AvgIpc) is 2.38. The topological polar surface area (TPSA) is 56.2 Å². The lowest BCUT2D eigenvalue weighted by molar-refractivity contribution is 0.355. The minimum atomic E-state index is -0.297. The van der Waals surface area contributed by atoms with Crippen molar-refractivity contribution in [3.8, 4) is 17.2 Å². The Balaban J connectivity index is 2.58. The molecule has 1 aromatic heterocycles. The van der Waals surface area contributed by atoms with E-state index in [9.17, 15) is 4.79 Å². The SMILES string of the molecule is COc1ccc(-n2ccc(=S)[nH]c2=O)cc1OC. The molecule has 0 atom stereocenters. The molecule has 94 valence electrons. The number of ether oxygens (including phenoxy) is 2. The van der Waals surface area contributed by atoms with Gasteiger partial charge in [-0.05, 0) is 18.2 Å². The third kappa shape index (κ3) is 2.28. The highest BCUT2D eigenvalue weighted by atomic mass is 32.1. The molecule has 0 fully saturated rings. The van der Waals surface area contributed by atoms with Crippen LogP contribution in [0.4, 0.5) is 0 Å². The number of aromatic amines is 1. The Labute approximate surface area is 109 Å². The van der Waals surface area contributed by atoms with E-state index in [1.54, 1.807) is 44.7 Å². The van der Waals surface area contributed by atoms with Gasteiger partial charge < -0.3 is 9.47 Å². The molecule has 0 aliphatic carbocycles. The highest BCUT2D eigenvalue weighted by Gasteiger charge is 2.06. The highest BCUT2D eigenvalue weighted by Crippen LogP contribution is 2.28. The molecule has 0 aliphatic rings. The summed E-state index contributed by atoms with van der Waals surface area (Å²) in [6, 6.07) is 6.87. The summed E-state index contributed by atoms with van der Waals surface area (Å²) in [6.45, 7) is 0. The molecule has 1 aromatic carbocycles. The van der Waals surface area contributed by atoms with E-state index in [4.69, 9.17) is 21.7 Å². The molecule has 0 amide bonds. The maximum absolute atomic E-state index is 11.8. The van der Waals surface area contributed by atoms with Gasteiger partial charge in [-0.3, -0.25) is 9.55 Å². The lowest BCUT2D eigenvalue weighted by atomic mass is 10.2. The van der Waals surface area contributed by atoms with Crippen LogP contribution in [-0.4, -0.2) is 23.8 Å². The van der Waals surface area contributed by atoms with E-state index in [1.165, 1.54) is 4.57 Å². The van der Waals surface area contributed by atoms with Crippen molar-refractivity contribution in [2.24, 2.45) is 0 Å². The van der Waals surface area contributed by atoms with Crippen LogP contribution in [0.2, 0.25) is 0 Å². The first kappa shape index (κ1) is 12.4. The van der Waals surface area contributed by atoms with E-state index in [0.717, 1.165) is 0 Å². The molecule has 2 rings (SSSR count). The van der Waals surface area contributed by atoms with E-state index in [0.29, 0.717) is 21.8 Å². The molecular formula is C12H12N2O3S. The van der Waals surface area contributed by atoms with Gasteiger partial charge in [0.05, 0.1) is 19.9 Å². The number of rotatable bonds is 3. The molecule has 0 spiro atoms. The quantitative estimate of drug-likeness (QED) is 0.860. The van der Waals surface area contributed by atoms with Crippen LogP contribution in [0.3, 0.4) is 0 Å². The Kier molecular flexibility index (Phi) is 3.47. The average molecular weight is 264 g/mol. The summed E-state index contributed by atoms with van der Waals surface area (Å²) in [5.74, 6) is 1.17. The maximum Gasteiger partial charge on any atom is 0.331 e. The molecular weight excluding hydrogens is 252 g/mol. The predicted octanol–water partition coefficient (Wildman–Crippen LogP) is 1.91. The summed E-state index contributed by atoms with van der Waals surface area (Å²) in [4.78, 5) is 14.3. The van der Waals surface area contributed by atoms with Gasteiger partial charge in [-0.1, -0.05) is 12.2 Å². The van der Waals surface area contributed by atoms with Crippen LogP contribution in [0.15, 0.2) is 35.3 Å². The van der Waals surface area contributed by atoms with Gasteiger partial charge in [-0.15, -0.1) is 0 Å². The molecule has 0 radical (unpaired) electrons. The second kappa shape index (κ2) is 5.05. The van der Waals surface area contributed by atoms with Crippen molar-refractivity contribution in [3.63, 3.8) is 0 Å². The van der Waals surface area contributed by atoms with E-state index < -0.39 is 0 Å². The van der Waals surface area contributed by atoms with Crippen LogP contribution in [0.1, 0.15) is 0 Å². The first-order valence-electron chi connectivity index (χ1n) is 5.20. The molecule has 18 heavy (non-hydrogen) atoms. The van der Waals surface area contributed by atoms with Crippen LogP contribution in [0.25, 0.3) is 5.69 Å². The van der Waals surface area contributed by atoms with E-state index in [2.05, 4.69) is 4.98 Å². The number of aromatic nitrogens is 2. The fourth-order valence-electron chi connectivity index (χ4n) is 1.60. The fraction of sp³-hybridized carbons (Fsp3) is 0.167. The van der Waals surface area contributed by atoms with Crippen LogP contribution in [0, 0.1) is 4.64 Å². The van der Waals surface area contributed by atoms with Crippen LogP contribution in [-0.2, 0) is 0 Å². The van der Waals surface area contributed by atoms with Crippen LogP contribution < -0.4 is 15.2 Å². The Hall–Kier alpha value is -2.08. The molecule has 1 heterocycles. The second-order valence-electron chi connectivity index (χ2n) is 3.52. The Morgan fingerprint density at radius 2 is 1.89 bits per heavy atom. The van der Waals surface area contributed by atoms with Crippen molar-refractivity contribution in [1.29, 1.82) is 0 Å². The molecule has 5 nitrogen and oxygen atoms in total. The van der Waals surface area contributed by atoms with E-state index in [-0.39, 0.29) is 5.69 Å². The molecule has 2 aromatic rings. The largest absolute Gasteiger partial charge is 0.493 e. The molecule has 1 N–H and O–H groups in total. The van der Waals surface area contributed by atoms with E-state index in [1.807, 2.05) is 0 Å². The minimum absolute atomic E-state index is 0.297. The van der Waals surface area contributed by atoms with Crippen LogP contribution in [0.5, 0.6) is 11.5 Å². The molecule has 0 bridgehead atoms. The zero-order valence-electron chi connectivity index (χ0n) is 9.97. The highest BCUT2D eigenvalue weighted by molar-refractivity contribution is 7.71. The van der Waals surface area contributed by atoms with Crippen molar-refractivity contribution in [2.75, 3.05) is 14.2 Å². The third-order valence-electron chi connectivity index (χ3n) is 2.47. The number of hydrogen-bond donors (Lipinski definition) is 1. The summed E-state index contributed by atoms with van der Waals surface area (Å²) in [6.07, 6.45) is 1.61. The fourth-order valence-corrected chi connectivity index (χ4v) is 1.74. The number of H-pyrrole nitrogens is 1. The zero-order valence-corrected chi connectivity index (χ0v) is 10.8. The predicted molar refractivity (Wildman–Crippen MR) is 70.3 cm³/mol. The second-order valence-corrected chi connectivity index (χ2v) is 3.96. The first-order chi connectivity index (χ1) is 8.65. The zero-order chi connectivity index (χ0) is 13.1. The van der Waals surface area contributed by atoms with Crippen molar-refractivity contribution < 1.29 is 9.47 Å². The molecule has 0 unspecified atom stereocenters.